The minimum Gasteiger partial charge on any atom is -0.495 e. The van der Waals surface area contributed by atoms with E-state index in [1.807, 2.05) is 0 Å². The van der Waals surface area contributed by atoms with Gasteiger partial charge in [0, 0.05) is 22.9 Å². The highest BCUT2D eigenvalue weighted by molar-refractivity contribution is 6.30. The molecule has 0 saturated heterocycles. The van der Waals surface area contributed by atoms with Gasteiger partial charge in [0.05, 0.1) is 34.1 Å². The number of methoxy groups -OCH3 is 4. The van der Waals surface area contributed by atoms with Crippen molar-refractivity contribution in [3.05, 3.63) is 53.2 Å². The fourth-order valence-electron chi connectivity index (χ4n) is 2.32. The van der Waals surface area contributed by atoms with Crippen LogP contribution in [0.4, 0.5) is 5.69 Å². The number of ketones is 1. The molecule has 0 fully saturated rings. The molecule has 2 aromatic rings. The lowest BCUT2D eigenvalue weighted by Crippen LogP contribution is -2.01. The van der Waals surface area contributed by atoms with Crippen LogP contribution in [0.1, 0.15) is 10.4 Å². The van der Waals surface area contributed by atoms with Crippen molar-refractivity contribution in [1.29, 1.82) is 0 Å². The Morgan fingerprint density at radius 3 is 2.08 bits per heavy atom. The van der Waals surface area contributed by atoms with Crippen LogP contribution in [0.2, 0.25) is 5.02 Å². The van der Waals surface area contributed by atoms with E-state index in [1.165, 1.54) is 33.6 Å². The lowest BCUT2D eigenvalue weighted by atomic mass is 10.1. The Hall–Kier alpha value is -2.86. The van der Waals surface area contributed by atoms with Gasteiger partial charge in [-0.3, -0.25) is 4.79 Å². The molecule has 0 aliphatic carbocycles. The van der Waals surface area contributed by atoms with Gasteiger partial charge in [0.15, 0.2) is 17.3 Å². The molecule has 0 spiro atoms. The molecule has 2 aromatic carbocycles. The summed E-state index contributed by atoms with van der Waals surface area (Å²) in [5.74, 6) is 1.62. The second kappa shape index (κ2) is 9.01. The largest absolute Gasteiger partial charge is 0.495 e. The number of rotatable bonds is 8. The highest BCUT2D eigenvalue weighted by Gasteiger charge is 2.15. The Bertz CT molecular complexity index is 795. The monoisotopic (exact) mass is 377 g/mol. The van der Waals surface area contributed by atoms with Crippen LogP contribution >= 0.6 is 11.6 Å². The summed E-state index contributed by atoms with van der Waals surface area (Å²) in [6.07, 6.45) is 2.90. The number of anilines is 1. The van der Waals surface area contributed by atoms with E-state index >= 15 is 0 Å². The smallest absolute Gasteiger partial charge is 0.203 e. The maximum Gasteiger partial charge on any atom is 0.203 e. The average Bonchev–Trinajstić information content (AvgIpc) is 2.66. The summed E-state index contributed by atoms with van der Waals surface area (Å²) < 4.78 is 21.0. The van der Waals surface area contributed by atoms with Gasteiger partial charge in [0.1, 0.15) is 5.75 Å². The van der Waals surface area contributed by atoms with Crippen molar-refractivity contribution < 1.29 is 23.7 Å². The van der Waals surface area contributed by atoms with Gasteiger partial charge in [0.2, 0.25) is 5.75 Å². The minimum absolute atomic E-state index is 0.238. The Balaban J connectivity index is 2.22. The first-order valence-corrected chi connectivity index (χ1v) is 8.02. The normalized spacial score (nSPS) is 10.5. The minimum atomic E-state index is -0.238. The zero-order valence-corrected chi connectivity index (χ0v) is 15.7. The maximum absolute atomic E-state index is 12.5. The van der Waals surface area contributed by atoms with E-state index in [0.29, 0.717) is 39.3 Å². The number of hydrogen-bond acceptors (Lipinski definition) is 6. The van der Waals surface area contributed by atoms with Crippen LogP contribution in [0.15, 0.2) is 42.6 Å². The first kappa shape index (κ1) is 19.5. The third kappa shape index (κ3) is 4.40. The number of halogens is 1. The molecule has 6 nitrogen and oxygen atoms in total. The van der Waals surface area contributed by atoms with Gasteiger partial charge in [-0.2, -0.15) is 0 Å². The Morgan fingerprint density at radius 2 is 1.54 bits per heavy atom. The summed E-state index contributed by atoms with van der Waals surface area (Å²) in [7, 11) is 6.05. The van der Waals surface area contributed by atoms with Gasteiger partial charge in [-0.05, 0) is 30.3 Å². The van der Waals surface area contributed by atoms with Crippen molar-refractivity contribution in [2.75, 3.05) is 33.8 Å². The van der Waals surface area contributed by atoms with Gasteiger partial charge in [-0.25, -0.2) is 0 Å². The predicted molar refractivity (Wildman–Crippen MR) is 101 cm³/mol. The molecule has 0 atom stereocenters. The molecule has 26 heavy (non-hydrogen) atoms. The number of nitrogens with one attached hydrogen (secondary N) is 1. The van der Waals surface area contributed by atoms with Crippen molar-refractivity contribution in [1.82, 2.24) is 0 Å². The molecule has 0 aliphatic rings. The van der Waals surface area contributed by atoms with E-state index in [-0.39, 0.29) is 5.78 Å². The third-order valence-corrected chi connectivity index (χ3v) is 3.82. The number of hydrogen-bond donors (Lipinski definition) is 1. The molecule has 0 amide bonds. The highest BCUT2D eigenvalue weighted by Crippen LogP contribution is 2.38. The zero-order valence-electron chi connectivity index (χ0n) is 15.0. The SMILES string of the molecule is COc1ccc(Cl)cc1N/C=C/C(=O)c1cc(OC)c(OC)c(OC)c1. The summed E-state index contributed by atoms with van der Waals surface area (Å²) in [6, 6.07) is 8.34. The second-order valence-electron chi connectivity index (χ2n) is 5.10. The van der Waals surface area contributed by atoms with Gasteiger partial charge >= 0.3 is 0 Å². The standard InChI is InChI=1S/C19H20ClNO5/c1-23-16-6-5-13(20)11-14(16)21-8-7-15(22)12-9-17(24-2)19(26-4)18(10-12)25-3/h5-11,21H,1-4H3/b8-7+. The third-order valence-electron chi connectivity index (χ3n) is 3.58. The maximum atomic E-state index is 12.5. The Morgan fingerprint density at radius 1 is 0.923 bits per heavy atom. The van der Waals surface area contributed by atoms with Crippen molar-refractivity contribution in [3.63, 3.8) is 0 Å². The molecule has 0 bridgehead atoms. The van der Waals surface area contributed by atoms with Gasteiger partial charge in [-0.1, -0.05) is 11.6 Å². The summed E-state index contributed by atoms with van der Waals surface area (Å²) in [6.45, 7) is 0. The summed E-state index contributed by atoms with van der Waals surface area (Å²) in [4.78, 5) is 12.5. The van der Waals surface area contributed by atoms with E-state index in [4.69, 9.17) is 30.5 Å². The zero-order chi connectivity index (χ0) is 19.1. The van der Waals surface area contributed by atoms with Gasteiger partial charge < -0.3 is 24.3 Å². The average molecular weight is 378 g/mol. The van der Waals surface area contributed by atoms with Crippen LogP contribution < -0.4 is 24.3 Å². The van der Waals surface area contributed by atoms with E-state index in [1.54, 1.807) is 37.4 Å². The quantitative estimate of drug-likeness (QED) is 0.550. The van der Waals surface area contributed by atoms with Gasteiger partial charge in [0.25, 0.3) is 0 Å². The Labute approximate surface area is 157 Å². The van der Waals surface area contributed by atoms with Crippen molar-refractivity contribution >= 4 is 23.1 Å². The topological polar surface area (TPSA) is 66.0 Å². The van der Waals surface area contributed by atoms with E-state index < -0.39 is 0 Å². The molecule has 138 valence electrons. The van der Waals surface area contributed by atoms with Crippen molar-refractivity contribution in [3.8, 4) is 23.0 Å². The molecule has 0 aromatic heterocycles. The van der Waals surface area contributed by atoms with Crippen LogP contribution in [0.3, 0.4) is 0 Å². The summed E-state index contributed by atoms with van der Waals surface area (Å²) >= 11 is 5.98. The number of benzene rings is 2. The van der Waals surface area contributed by atoms with Crippen molar-refractivity contribution in [2.24, 2.45) is 0 Å². The fraction of sp³-hybridized carbons (Fsp3) is 0.211. The van der Waals surface area contributed by atoms with Crippen LogP contribution in [0.5, 0.6) is 23.0 Å². The van der Waals surface area contributed by atoms with Crippen molar-refractivity contribution in [2.45, 2.75) is 0 Å². The number of carbonyl (C=O) groups excluding carboxylic acids is 1. The lowest BCUT2D eigenvalue weighted by Gasteiger charge is -2.13. The summed E-state index contributed by atoms with van der Waals surface area (Å²) in [5.41, 5.74) is 1.05. The van der Waals surface area contributed by atoms with E-state index in [9.17, 15) is 4.79 Å². The molecule has 0 heterocycles. The molecule has 7 heteroatoms. The highest BCUT2D eigenvalue weighted by atomic mass is 35.5. The molecule has 0 aliphatic heterocycles. The van der Waals surface area contributed by atoms with Crippen LogP contribution in [0.25, 0.3) is 0 Å². The number of allylic oxidation sites excluding steroid dienone is 1. The van der Waals surface area contributed by atoms with E-state index in [2.05, 4.69) is 5.32 Å². The van der Waals surface area contributed by atoms with Gasteiger partial charge in [-0.15, -0.1) is 0 Å². The molecule has 1 N–H and O–H groups in total. The van der Waals surface area contributed by atoms with E-state index in [0.717, 1.165) is 0 Å². The number of ether oxygens (including phenoxy) is 4. The molecular weight excluding hydrogens is 358 g/mol. The summed E-state index contributed by atoms with van der Waals surface area (Å²) in [5, 5.41) is 3.54. The molecule has 0 unspecified atom stereocenters. The number of carbonyl (C=O) groups is 1. The predicted octanol–water partition coefficient (Wildman–Crippen LogP) is 4.18. The molecule has 0 radical (unpaired) electrons. The molecule has 0 saturated carbocycles. The van der Waals surface area contributed by atoms with Crippen LogP contribution in [-0.4, -0.2) is 34.2 Å². The lowest BCUT2D eigenvalue weighted by molar-refractivity contribution is 0.104. The second-order valence-corrected chi connectivity index (χ2v) is 5.54. The van der Waals surface area contributed by atoms with Crippen LogP contribution in [-0.2, 0) is 0 Å². The molecular formula is C19H20ClNO5. The van der Waals surface area contributed by atoms with Crippen LogP contribution in [0, 0.1) is 0 Å². The molecule has 2 rings (SSSR count). The Kier molecular flexibility index (Phi) is 6.74. The fourth-order valence-corrected chi connectivity index (χ4v) is 2.49. The first-order valence-electron chi connectivity index (χ1n) is 7.65. The first-order chi connectivity index (χ1) is 12.5.